The summed E-state index contributed by atoms with van der Waals surface area (Å²) in [6.07, 6.45) is 2.18. The van der Waals surface area contributed by atoms with Crippen LogP contribution in [0.25, 0.3) is 0 Å². The maximum atomic E-state index is 12.5. The van der Waals surface area contributed by atoms with Crippen molar-refractivity contribution in [2.45, 2.75) is 19.9 Å². The second kappa shape index (κ2) is 11.2. The molecule has 2 heterocycles. The molecule has 1 aliphatic rings. The Morgan fingerprint density at radius 1 is 1.15 bits per heavy atom. The number of amides is 1. The van der Waals surface area contributed by atoms with Gasteiger partial charge in [-0.1, -0.05) is 30.7 Å². The van der Waals surface area contributed by atoms with E-state index in [0.29, 0.717) is 48.5 Å². The highest BCUT2D eigenvalue weighted by Crippen LogP contribution is 2.31. The molecule has 0 saturated carbocycles. The number of hydrogen-bond donors (Lipinski definition) is 2. The Hall–Kier alpha value is -3.36. The molecule has 2 aromatic carbocycles. The molecule has 3 aromatic rings. The molecule has 0 radical (unpaired) electrons. The van der Waals surface area contributed by atoms with Gasteiger partial charge in [0.2, 0.25) is 5.91 Å². The van der Waals surface area contributed by atoms with Crippen LogP contribution in [0.1, 0.15) is 23.7 Å². The fourth-order valence-corrected chi connectivity index (χ4v) is 3.95. The number of likely N-dealkylation sites (N-methyl/N-ethyl adjacent to an activating group) is 1. The number of ether oxygens (including phenoxy) is 2. The van der Waals surface area contributed by atoms with Crippen LogP contribution < -0.4 is 20.1 Å². The molecule has 2 N–H and O–H groups in total. The number of nitrogens with one attached hydrogen (secondary N) is 2. The van der Waals surface area contributed by atoms with Gasteiger partial charge in [0.05, 0.1) is 25.9 Å². The van der Waals surface area contributed by atoms with Crippen molar-refractivity contribution < 1.29 is 14.3 Å². The Balaban J connectivity index is 1.66. The van der Waals surface area contributed by atoms with Crippen LogP contribution in [0.4, 0.5) is 11.5 Å². The summed E-state index contributed by atoms with van der Waals surface area (Å²) >= 11 is 6.48. The number of nitrogens with zero attached hydrogens (tertiary/aromatic N) is 3. The van der Waals surface area contributed by atoms with Gasteiger partial charge in [-0.2, -0.15) is 0 Å². The highest BCUT2D eigenvalue weighted by molar-refractivity contribution is 6.31. The van der Waals surface area contributed by atoms with Gasteiger partial charge >= 0.3 is 0 Å². The van der Waals surface area contributed by atoms with E-state index in [9.17, 15) is 4.79 Å². The van der Waals surface area contributed by atoms with Crippen molar-refractivity contribution in [2.75, 3.05) is 38.7 Å². The topological polar surface area (TPSA) is 88.6 Å². The average molecular weight is 482 g/mol. The highest BCUT2D eigenvalue weighted by Gasteiger charge is 2.14. The number of methoxy groups -OCH3 is 1. The van der Waals surface area contributed by atoms with E-state index < -0.39 is 0 Å². The van der Waals surface area contributed by atoms with Gasteiger partial charge in [-0.25, -0.2) is 9.97 Å². The Morgan fingerprint density at radius 3 is 2.85 bits per heavy atom. The van der Waals surface area contributed by atoms with Crippen molar-refractivity contribution in [2.24, 2.45) is 0 Å². The third kappa shape index (κ3) is 6.15. The number of benzene rings is 2. The zero-order chi connectivity index (χ0) is 23.9. The number of hydrogen-bond acceptors (Lipinski definition) is 7. The van der Waals surface area contributed by atoms with Crippen LogP contribution in [0, 0.1) is 0 Å². The molecule has 1 aliphatic heterocycles. The van der Waals surface area contributed by atoms with E-state index in [4.69, 9.17) is 21.1 Å². The van der Waals surface area contributed by atoms with Gasteiger partial charge in [0.15, 0.2) is 11.5 Å². The second-order valence-electron chi connectivity index (χ2n) is 7.99. The van der Waals surface area contributed by atoms with E-state index >= 15 is 0 Å². The lowest BCUT2D eigenvalue weighted by Crippen LogP contribution is -2.38. The summed E-state index contributed by atoms with van der Waals surface area (Å²) in [6.45, 7) is 4.28. The third-order valence-electron chi connectivity index (χ3n) is 5.55. The van der Waals surface area contributed by atoms with E-state index in [-0.39, 0.29) is 12.5 Å². The van der Waals surface area contributed by atoms with Gasteiger partial charge in [-0.05, 0) is 35.9 Å². The molecule has 0 saturated heterocycles. The Bertz CT molecular complexity index is 1160. The van der Waals surface area contributed by atoms with Gasteiger partial charge < -0.3 is 20.1 Å². The van der Waals surface area contributed by atoms with Crippen LogP contribution in [0.15, 0.2) is 48.8 Å². The number of rotatable bonds is 2. The quantitative estimate of drug-likeness (QED) is 0.575. The van der Waals surface area contributed by atoms with Crippen molar-refractivity contribution in [3.8, 4) is 11.5 Å². The first kappa shape index (κ1) is 23.8. The molecule has 0 unspecified atom stereocenters. The molecule has 34 heavy (non-hydrogen) atoms. The first-order valence-corrected chi connectivity index (χ1v) is 11.6. The molecular weight excluding hydrogens is 454 g/mol. The number of carbonyl (C=O) groups is 1. The minimum Gasteiger partial charge on any atom is -0.493 e. The maximum Gasteiger partial charge on any atom is 0.234 e. The maximum absolute atomic E-state index is 12.5. The van der Waals surface area contributed by atoms with E-state index in [0.717, 1.165) is 29.1 Å². The minimum atomic E-state index is -0.0654. The Labute approximate surface area is 204 Å². The van der Waals surface area contributed by atoms with E-state index in [1.54, 1.807) is 13.4 Å². The number of fused-ring (bicyclic) bond motifs is 6. The molecule has 1 amide bonds. The van der Waals surface area contributed by atoms with Crippen LogP contribution in [0.5, 0.6) is 11.5 Å². The zero-order valence-electron chi connectivity index (χ0n) is 19.3. The summed E-state index contributed by atoms with van der Waals surface area (Å²) in [7, 11) is 1.59. The second-order valence-corrected chi connectivity index (χ2v) is 8.40. The normalized spacial score (nSPS) is 15.1. The van der Waals surface area contributed by atoms with Crippen molar-refractivity contribution in [3.05, 3.63) is 70.6 Å². The van der Waals surface area contributed by atoms with Crippen LogP contribution in [0.3, 0.4) is 0 Å². The fourth-order valence-electron chi connectivity index (χ4n) is 3.78. The van der Waals surface area contributed by atoms with Gasteiger partial charge in [0, 0.05) is 35.8 Å². The smallest absolute Gasteiger partial charge is 0.234 e. The van der Waals surface area contributed by atoms with Gasteiger partial charge in [0.25, 0.3) is 0 Å². The molecule has 0 fully saturated rings. The minimum absolute atomic E-state index is 0.0654. The van der Waals surface area contributed by atoms with Crippen LogP contribution in [0.2, 0.25) is 5.02 Å². The molecule has 6 bridgehead atoms. The third-order valence-corrected chi connectivity index (χ3v) is 5.91. The largest absolute Gasteiger partial charge is 0.493 e. The van der Waals surface area contributed by atoms with Crippen molar-refractivity contribution in [1.29, 1.82) is 0 Å². The van der Waals surface area contributed by atoms with Gasteiger partial charge in [0.1, 0.15) is 18.8 Å². The van der Waals surface area contributed by atoms with Crippen molar-refractivity contribution in [1.82, 2.24) is 20.2 Å². The lowest BCUT2D eigenvalue weighted by Gasteiger charge is -2.21. The summed E-state index contributed by atoms with van der Waals surface area (Å²) in [5.74, 6) is 1.80. The first-order valence-electron chi connectivity index (χ1n) is 11.2. The lowest BCUT2D eigenvalue weighted by molar-refractivity contribution is -0.122. The number of anilines is 2. The summed E-state index contributed by atoms with van der Waals surface area (Å²) < 4.78 is 11.3. The molecule has 0 spiro atoms. The summed E-state index contributed by atoms with van der Waals surface area (Å²) in [4.78, 5) is 23.4. The monoisotopic (exact) mass is 481 g/mol. The van der Waals surface area contributed by atoms with E-state index in [2.05, 4.69) is 31.6 Å². The summed E-state index contributed by atoms with van der Waals surface area (Å²) in [6, 6.07) is 13.5. The summed E-state index contributed by atoms with van der Waals surface area (Å²) in [5, 5.41) is 6.90. The molecule has 9 heteroatoms. The van der Waals surface area contributed by atoms with Crippen LogP contribution in [-0.4, -0.2) is 54.1 Å². The van der Waals surface area contributed by atoms with E-state index in [1.807, 2.05) is 43.3 Å². The number of halogens is 1. The van der Waals surface area contributed by atoms with Crippen molar-refractivity contribution in [3.63, 3.8) is 0 Å². The molecular formula is C25H28ClN5O3. The van der Waals surface area contributed by atoms with Crippen molar-refractivity contribution >= 4 is 29.0 Å². The van der Waals surface area contributed by atoms with Gasteiger partial charge in [-0.15, -0.1) is 0 Å². The molecule has 178 valence electrons. The molecule has 0 aliphatic carbocycles. The Morgan fingerprint density at radius 2 is 2.03 bits per heavy atom. The van der Waals surface area contributed by atoms with Gasteiger partial charge in [-0.3, -0.25) is 9.69 Å². The fraction of sp³-hybridized carbons (Fsp3) is 0.320. The zero-order valence-corrected chi connectivity index (χ0v) is 20.1. The lowest BCUT2D eigenvalue weighted by atomic mass is 10.1. The van der Waals surface area contributed by atoms with Crippen LogP contribution >= 0.6 is 11.6 Å². The number of carbonyl (C=O) groups excluding carboxylic acids is 1. The predicted octanol–water partition coefficient (Wildman–Crippen LogP) is 3.80. The molecule has 8 nitrogen and oxygen atoms in total. The number of aromatic nitrogens is 2. The van der Waals surface area contributed by atoms with E-state index in [1.165, 1.54) is 0 Å². The SMILES string of the molecule is CCN1CC(=O)NCCOc2cc(ccc2OC)Nc2cc(ncn2)Cc2ccc(Cl)c(c2)C1. The predicted molar refractivity (Wildman–Crippen MR) is 132 cm³/mol. The van der Waals surface area contributed by atoms with Crippen LogP contribution in [-0.2, 0) is 17.8 Å². The molecule has 4 rings (SSSR count). The molecule has 0 atom stereocenters. The Kier molecular flexibility index (Phi) is 7.82. The average Bonchev–Trinajstić information content (AvgIpc) is 2.83. The standard InChI is InChI=1S/C25H28ClN5O3/c1-3-31-14-18-10-17(4-6-21(18)26)11-20-13-24(29-16-28-20)30-19-5-7-22(33-2)23(12-19)34-9-8-27-25(32)15-31/h4-7,10,12-13,16H,3,8-9,11,14-15H2,1-2H3,(H,27,32)(H,28,29,30). The first-order chi connectivity index (χ1) is 16.5. The molecule has 1 aromatic heterocycles. The highest BCUT2D eigenvalue weighted by atomic mass is 35.5. The summed E-state index contributed by atoms with van der Waals surface area (Å²) in [5.41, 5.74) is 3.74.